The molecule has 0 atom stereocenters. The molecule has 0 radical (unpaired) electrons. The van der Waals surface area contributed by atoms with Gasteiger partial charge in [-0.3, -0.25) is 0 Å². The van der Waals surface area contributed by atoms with Gasteiger partial charge in [0.2, 0.25) is 0 Å². The topological polar surface area (TPSA) is 39.1 Å². The molecule has 0 saturated heterocycles. The maximum atomic E-state index is 13.4. The van der Waals surface area contributed by atoms with Crippen LogP contribution in [0.2, 0.25) is 0 Å². The van der Waals surface area contributed by atoms with E-state index in [9.17, 15) is 26.0 Å². The van der Waals surface area contributed by atoms with Crippen molar-refractivity contribution in [2.75, 3.05) is 6.26 Å². The van der Waals surface area contributed by atoms with Crippen molar-refractivity contribution in [2.45, 2.75) is 18.0 Å². The number of alkyl halides is 3. The van der Waals surface area contributed by atoms with E-state index in [2.05, 4.69) is 0 Å². The lowest BCUT2D eigenvalue weighted by Gasteiger charge is -2.17. The lowest BCUT2D eigenvalue weighted by molar-refractivity contribution is -0.137. The average molecular weight is 397 g/mol. The molecule has 0 bridgehead atoms. The number of sulfone groups is 1. The number of benzene rings is 2. The van der Waals surface area contributed by atoms with Crippen molar-refractivity contribution < 1.29 is 26.0 Å². The molecule has 27 heavy (non-hydrogen) atoms. The summed E-state index contributed by atoms with van der Waals surface area (Å²) in [5, 5.41) is 0. The van der Waals surface area contributed by atoms with E-state index in [0.29, 0.717) is 17.3 Å². The van der Waals surface area contributed by atoms with Crippen LogP contribution in [0, 0.1) is 12.7 Å². The van der Waals surface area contributed by atoms with Crippen LogP contribution in [0.3, 0.4) is 0 Å². The second-order valence-corrected chi connectivity index (χ2v) is 8.19. The third kappa shape index (κ3) is 3.75. The molecule has 0 aliphatic rings. The van der Waals surface area contributed by atoms with Crippen LogP contribution in [0.1, 0.15) is 11.1 Å². The average Bonchev–Trinajstić information content (AvgIpc) is 2.95. The Morgan fingerprint density at radius 1 is 0.963 bits per heavy atom. The highest BCUT2D eigenvalue weighted by Gasteiger charge is 2.35. The number of aryl methyl sites for hydroxylation is 1. The van der Waals surface area contributed by atoms with E-state index in [4.69, 9.17) is 0 Å². The normalized spacial score (nSPS) is 12.4. The second-order valence-electron chi connectivity index (χ2n) is 6.17. The van der Waals surface area contributed by atoms with Crippen LogP contribution in [0.5, 0.6) is 0 Å². The Morgan fingerprint density at radius 2 is 1.59 bits per heavy atom. The van der Waals surface area contributed by atoms with E-state index in [-0.39, 0.29) is 16.2 Å². The van der Waals surface area contributed by atoms with Crippen molar-refractivity contribution in [3.8, 4) is 16.9 Å². The molecule has 2 aromatic carbocycles. The van der Waals surface area contributed by atoms with E-state index >= 15 is 0 Å². The van der Waals surface area contributed by atoms with Gasteiger partial charge in [0.1, 0.15) is 5.82 Å². The molecular formula is C19H15F4NO2S. The summed E-state index contributed by atoms with van der Waals surface area (Å²) in [7, 11) is -3.39. The van der Waals surface area contributed by atoms with Gasteiger partial charge < -0.3 is 4.57 Å². The Hall–Kier alpha value is -2.61. The second kappa shape index (κ2) is 6.53. The summed E-state index contributed by atoms with van der Waals surface area (Å²) < 4.78 is 78.4. The van der Waals surface area contributed by atoms with E-state index in [1.165, 1.54) is 28.8 Å². The molecule has 0 saturated carbocycles. The summed E-state index contributed by atoms with van der Waals surface area (Å²) in [6.07, 6.45) is -2.07. The molecule has 3 nitrogen and oxygen atoms in total. The predicted octanol–water partition coefficient (Wildman–Crippen LogP) is 5.01. The van der Waals surface area contributed by atoms with Crippen LogP contribution in [0.15, 0.2) is 59.6 Å². The number of aromatic nitrogens is 1. The van der Waals surface area contributed by atoms with Gasteiger partial charge in [-0.15, -0.1) is 0 Å². The standard InChI is InChI=1S/C19H15F4NO2S/c1-12-9-10-24(14-4-6-15(7-5-14)27(2,25)26)18(12)16-8-3-13(20)11-17(16)19(21,22)23/h3-11H,1-2H3. The first-order chi connectivity index (χ1) is 12.5. The minimum absolute atomic E-state index is 0.106. The first-order valence-electron chi connectivity index (χ1n) is 7.84. The van der Waals surface area contributed by atoms with Gasteiger partial charge in [0.05, 0.1) is 16.2 Å². The first-order valence-corrected chi connectivity index (χ1v) is 9.73. The Morgan fingerprint density at radius 3 is 2.15 bits per heavy atom. The molecule has 8 heteroatoms. The maximum Gasteiger partial charge on any atom is 0.417 e. The van der Waals surface area contributed by atoms with E-state index < -0.39 is 27.4 Å². The number of nitrogens with zero attached hydrogens (tertiary/aromatic N) is 1. The van der Waals surface area contributed by atoms with Gasteiger partial charge in [-0.2, -0.15) is 13.2 Å². The van der Waals surface area contributed by atoms with Gasteiger partial charge >= 0.3 is 6.18 Å². The summed E-state index contributed by atoms with van der Waals surface area (Å²) in [5.41, 5.74) is 0.0913. The predicted molar refractivity (Wildman–Crippen MR) is 94.0 cm³/mol. The van der Waals surface area contributed by atoms with Crippen LogP contribution < -0.4 is 0 Å². The lowest BCUT2D eigenvalue weighted by Crippen LogP contribution is -2.09. The van der Waals surface area contributed by atoms with Crippen LogP contribution >= 0.6 is 0 Å². The summed E-state index contributed by atoms with van der Waals surface area (Å²) in [5.74, 6) is -0.973. The van der Waals surface area contributed by atoms with Gasteiger partial charge in [-0.25, -0.2) is 12.8 Å². The lowest BCUT2D eigenvalue weighted by atomic mass is 10.0. The van der Waals surface area contributed by atoms with Gasteiger partial charge in [0.15, 0.2) is 9.84 Å². The summed E-state index contributed by atoms with van der Waals surface area (Å²) in [6, 6.07) is 9.99. The van der Waals surface area contributed by atoms with Gasteiger partial charge in [0.25, 0.3) is 0 Å². The van der Waals surface area contributed by atoms with Gasteiger partial charge in [-0.1, -0.05) is 0 Å². The molecule has 142 valence electrons. The van der Waals surface area contributed by atoms with Crippen molar-refractivity contribution in [3.63, 3.8) is 0 Å². The Bertz CT molecular complexity index is 1100. The highest BCUT2D eigenvalue weighted by atomic mass is 32.2. The molecule has 0 unspecified atom stereocenters. The van der Waals surface area contributed by atoms with Crippen LogP contribution in [0.25, 0.3) is 16.9 Å². The van der Waals surface area contributed by atoms with Gasteiger partial charge in [-0.05, 0) is 61.0 Å². The van der Waals surface area contributed by atoms with Crippen LogP contribution in [0.4, 0.5) is 17.6 Å². The number of halogens is 4. The molecule has 3 rings (SSSR count). The van der Waals surface area contributed by atoms with Crippen molar-refractivity contribution >= 4 is 9.84 Å². The molecule has 3 aromatic rings. The smallest absolute Gasteiger partial charge is 0.316 e. The molecule has 0 amide bonds. The largest absolute Gasteiger partial charge is 0.417 e. The van der Waals surface area contributed by atoms with Crippen molar-refractivity contribution in [2.24, 2.45) is 0 Å². The summed E-state index contributed by atoms with van der Waals surface area (Å²) in [4.78, 5) is 0.106. The highest BCUT2D eigenvalue weighted by molar-refractivity contribution is 7.90. The molecule has 0 aliphatic carbocycles. The Labute approximate surface area is 153 Å². The van der Waals surface area contributed by atoms with E-state index in [0.717, 1.165) is 18.4 Å². The number of rotatable bonds is 3. The molecule has 0 N–H and O–H groups in total. The molecule has 0 aliphatic heterocycles. The molecular weight excluding hydrogens is 382 g/mol. The zero-order valence-corrected chi connectivity index (χ0v) is 15.2. The zero-order valence-electron chi connectivity index (χ0n) is 14.4. The molecule has 1 aromatic heterocycles. The third-order valence-electron chi connectivity index (χ3n) is 4.17. The first kappa shape index (κ1) is 19.2. The number of hydrogen-bond acceptors (Lipinski definition) is 2. The van der Waals surface area contributed by atoms with Crippen LogP contribution in [-0.2, 0) is 16.0 Å². The minimum atomic E-state index is -4.72. The fourth-order valence-corrected chi connectivity index (χ4v) is 3.53. The summed E-state index contributed by atoms with van der Waals surface area (Å²) in [6.45, 7) is 1.65. The fraction of sp³-hybridized carbons (Fsp3) is 0.158. The van der Waals surface area contributed by atoms with Crippen molar-refractivity contribution in [1.29, 1.82) is 0 Å². The minimum Gasteiger partial charge on any atom is -0.316 e. The highest BCUT2D eigenvalue weighted by Crippen LogP contribution is 2.39. The molecule has 1 heterocycles. The SMILES string of the molecule is Cc1ccn(-c2ccc(S(C)(=O)=O)cc2)c1-c1ccc(F)cc1C(F)(F)F. The monoisotopic (exact) mass is 397 g/mol. The van der Waals surface area contributed by atoms with Gasteiger partial charge in [0, 0.05) is 23.7 Å². The quantitative estimate of drug-likeness (QED) is 0.583. The molecule has 0 spiro atoms. The molecule has 0 fully saturated rings. The zero-order chi connectivity index (χ0) is 20.0. The van der Waals surface area contributed by atoms with Crippen molar-refractivity contribution in [3.05, 3.63) is 71.7 Å². The van der Waals surface area contributed by atoms with E-state index in [1.807, 2.05) is 0 Å². The number of hydrogen-bond donors (Lipinski definition) is 0. The fourth-order valence-electron chi connectivity index (χ4n) is 2.90. The van der Waals surface area contributed by atoms with Crippen molar-refractivity contribution in [1.82, 2.24) is 4.57 Å². The maximum absolute atomic E-state index is 13.4. The third-order valence-corrected chi connectivity index (χ3v) is 5.30. The van der Waals surface area contributed by atoms with E-state index in [1.54, 1.807) is 19.2 Å². The Balaban J connectivity index is 2.20. The summed E-state index contributed by atoms with van der Waals surface area (Å²) >= 11 is 0. The Kier molecular flexibility index (Phi) is 4.63. The van der Waals surface area contributed by atoms with Crippen LogP contribution in [-0.4, -0.2) is 19.2 Å².